The van der Waals surface area contributed by atoms with Gasteiger partial charge in [0.2, 0.25) is 0 Å². The largest absolute Gasteiger partial charge is 0.352 e. The molecule has 7 aromatic rings. The fourth-order valence-corrected chi connectivity index (χ4v) is 9.30. The van der Waals surface area contributed by atoms with E-state index in [0.29, 0.717) is 0 Å². The Labute approximate surface area is 300 Å². The monoisotopic (exact) mass is 656 g/mol. The summed E-state index contributed by atoms with van der Waals surface area (Å²) in [6.07, 6.45) is 15.3. The number of para-hydroxylation sites is 2. The third kappa shape index (κ3) is 4.70. The standard InChI is InChI=1S/C49H40N2/c1-49(48-50(2)44-22-12-13-23-45(44)51(48)39-18-4-3-5-19-39)29-28-42-43(32-49)47(38-27-25-34-15-7-9-17-36(34)31-38)41-21-11-10-20-40(41)46(42)37-26-24-33-14-6-8-16-35(33)30-37/h4,6-31,48H,3,5,32H2,1-2H3. The van der Waals surface area contributed by atoms with Gasteiger partial charge >= 0.3 is 0 Å². The molecule has 0 radical (unpaired) electrons. The number of allylic oxidation sites excluding steroid dienone is 3. The lowest BCUT2D eigenvalue weighted by Gasteiger charge is -2.45. The van der Waals surface area contributed by atoms with E-state index in [9.17, 15) is 0 Å². The summed E-state index contributed by atoms with van der Waals surface area (Å²) in [5.74, 6) is 0. The number of nitrogens with zero attached hydrogens (tertiary/aromatic N) is 2. The van der Waals surface area contributed by atoms with E-state index in [-0.39, 0.29) is 11.6 Å². The quantitative estimate of drug-likeness (QED) is 0.186. The summed E-state index contributed by atoms with van der Waals surface area (Å²) in [6, 6.07) is 49.5. The average Bonchev–Trinajstić information content (AvgIpc) is 3.49. The van der Waals surface area contributed by atoms with Gasteiger partial charge in [-0.2, -0.15) is 0 Å². The first-order valence-corrected chi connectivity index (χ1v) is 18.3. The van der Waals surface area contributed by atoms with Crippen LogP contribution >= 0.6 is 0 Å². The molecule has 10 rings (SSSR count). The summed E-state index contributed by atoms with van der Waals surface area (Å²) in [7, 11) is 2.29. The van der Waals surface area contributed by atoms with Crippen molar-refractivity contribution >= 4 is 49.8 Å². The van der Waals surface area contributed by atoms with E-state index < -0.39 is 0 Å². The van der Waals surface area contributed by atoms with Gasteiger partial charge in [-0.3, -0.25) is 0 Å². The van der Waals surface area contributed by atoms with Crippen molar-refractivity contribution < 1.29 is 0 Å². The first-order chi connectivity index (χ1) is 25.1. The topological polar surface area (TPSA) is 6.48 Å². The van der Waals surface area contributed by atoms with Crippen molar-refractivity contribution in [2.75, 3.05) is 16.8 Å². The highest BCUT2D eigenvalue weighted by atomic mass is 15.4. The van der Waals surface area contributed by atoms with Crippen LogP contribution in [-0.2, 0) is 6.42 Å². The molecule has 51 heavy (non-hydrogen) atoms. The Morgan fingerprint density at radius 3 is 1.84 bits per heavy atom. The highest BCUT2D eigenvalue weighted by Gasteiger charge is 2.47. The minimum atomic E-state index is -0.207. The number of fused-ring (bicyclic) bond motifs is 5. The lowest BCUT2D eigenvalue weighted by atomic mass is 9.70. The van der Waals surface area contributed by atoms with Crippen LogP contribution in [0.4, 0.5) is 11.4 Å². The summed E-state index contributed by atoms with van der Waals surface area (Å²) in [5, 5.41) is 7.69. The molecule has 2 unspecified atom stereocenters. The van der Waals surface area contributed by atoms with Crippen LogP contribution in [0.3, 0.4) is 0 Å². The van der Waals surface area contributed by atoms with Crippen LogP contribution in [0.5, 0.6) is 0 Å². The fraction of sp³-hybridized carbons (Fsp3) is 0.143. The van der Waals surface area contributed by atoms with Gasteiger partial charge in [-0.15, -0.1) is 0 Å². The first-order valence-electron chi connectivity index (χ1n) is 18.3. The van der Waals surface area contributed by atoms with Gasteiger partial charge in [0.05, 0.1) is 11.4 Å². The minimum absolute atomic E-state index is 0.105. The van der Waals surface area contributed by atoms with Crippen molar-refractivity contribution in [3.8, 4) is 22.3 Å². The SMILES string of the molecule is CN1c2ccccc2N(C2=CCCC=C2)C1C1(C)C=Cc2c(c(-c3ccc4ccccc4c3)c3ccccc3c2-c2ccc3ccccc3c2)C1. The highest BCUT2D eigenvalue weighted by Crippen LogP contribution is 2.53. The summed E-state index contributed by atoms with van der Waals surface area (Å²) >= 11 is 0. The third-order valence-electron chi connectivity index (χ3n) is 11.6. The Morgan fingerprint density at radius 2 is 1.18 bits per heavy atom. The summed E-state index contributed by atoms with van der Waals surface area (Å²) in [6.45, 7) is 2.48. The maximum absolute atomic E-state index is 2.61. The van der Waals surface area contributed by atoms with Gasteiger partial charge in [0, 0.05) is 18.2 Å². The average molecular weight is 657 g/mol. The van der Waals surface area contributed by atoms with Crippen LogP contribution < -0.4 is 9.80 Å². The van der Waals surface area contributed by atoms with E-state index in [1.807, 2.05) is 0 Å². The molecule has 1 aliphatic heterocycles. The zero-order chi connectivity index (χ0) is 34.1. The number of rotatable bonds is 4. The van der Waals surface area contributed by atoms with Gasteiger partial charge in [-0.25, -0.2) is 0 Å². The van der Waals surface area contributed by atoms with Crippen molar-refractivity contribution in [1.29, 1.82) is 0 Å². The predicted molar refractivity (Wildman–Crippen MR) is 218 cm³/mol. The molecule has 0 saturated heterocycles. The van der Waals surface area contributed by atoms with Gasteiger partial charge in [-0.05, 0) is 115 Å². The molecule has 7 aromatic carbocycles. The van der Waals surface area contributed by atoms with Gasteiger partial charge in [0.25, 0.3) is 0 Å². The lowest BCUT2D eigenvalue weighted by molar-refractivity contribution is 0.329. The van der Waals surface area contributed by atoms with Crippen molar-refractivity contribution in [2.24, 2.45) is 5.41 Å². The Bertz CT molecular complexity index is 2620. The van der Waals surface area contributed by atoms with Gasteiger partial charge in [0.15, 0.2) is 0 Å². The molecule has 0 bridgehead atoms. The van der Waals surface area contributed by atoms with Crippen molar-refractivity contribution in [1.82, 2.24) is 0 Å². The molecule has 2 aliphatic carbocycles. The molecule has 3 aliphatic rings. The van der Waals surface area contributed by atoms with E-state index in [1.54, 1.807) is 0 Å². The molecule has 2 heteroatoms. The predicted octanol–water partition coefficient (Wildman–Crippen LogP) is 12.6. The molecule has 2 atom stereocenters. The van der Waals surface area contributed by atoms with Gasteiger partial charge in [0.1, 0.15) is 6.17 Å². The highest BCUT2D eigenvalue weighted by molar-refractivity contribution is 6.11. The number of hydrogen-bond donors (Lipinski definition) is 0. The van der Waals surface area contributed by atoms with Crippen LogP contribution in [0.15, 0.2) is 163 Å². The Morgan fingerprint density at radius 1 is 0.588 bits per heavy atom. The maximum atomic E-state index is 2.61. The summed E-state index contributed by atoms with van der Waals surface area (Å²) < 4.78 is 0. The van der Waals surface area contributed by atoms with Crippen LogP contribution in [0, 0.1) is 5.41 Å². The Kier molecular flexibility index (Phi) is 6.83. The minimum Gasteiger partial charge on any atom is -0.352 e. The second-order valence-electron chi connectivity index (χ2n) is 14.8. The summed E-state index contributed by atoms with van der Waals surface area (Å²) in [4.78, 5) is 5.14. The molecule has 0 fully saturated rings. The van der Waals surface area contributed by atoms with Crippen molar-refractivity contribution in [2.45, 2.75) is 32.4 Å². The zero-order valence-corrected chi connectivity index (χ0v) is 29.2. The van der Waals surface area contributed by atoms with E-state index in [0.717, 1.165) is 19.3 Å². The lowest BCUT2D eigenvalue weighted by Crippen LogP contribution is -2.52. The van der Waals surface area contributed by atoms with Crippen molar-refractivity contribution in [3.63, 3.8) is 0 Å². The Balaban J connectivity index is 1.24. The molecule has 0 aromatic heterocycles. The third-order valence-corrected chi connectivity index (χ3v) is 11.6. The molecule has 0 saturated carbocycles. The number of anilines is 2. The molecule has 2 nitrogen and oxygen atoms in total. The van der Waals surface area contributed by atoms with Crippen LogP contribution in [0.1, 0.15) is 30.9 Å². The molecule has 246 valence electrons. The second-order valence-corrected chi connectivity index (χ2v) is 14.8. The normalized spacial score (nSPS) is 19.5. The number of benzene rings is 7. The zero-order valence-electron chi connectivity index (χ0n) is 29.2. The number of hydrogen-bond acceptors (Lipinski definition) is 2. The first kappa shape index (κ1) is 30.0. The van der Waals surface area contributed by atoms with Gasteiger partial charge < -0.3 is 9.80 Å². The van der Waals surface area contributed by atoms with Gasteiger partial charge in [-0.1, -0.05) is 140 Å². The summed E-state index contributed by atoms with van der Waals surface area (Å²) in [5.41, 5.74) is 11.7. The van der Waals surface area contributed by atoms with Crippen LogP contribution in [0.25, 0.3) is 60.6 Å². The molecular formula is C49H40N2. The smallest absolute Gasteiger partial charge is 0.115 e. The molecule has 0 spiro atoms. The molecule has 0 N–H and O–H groups in total. The molecular weight excluding hydrogens is 617 g/mol. The second kappa shape index (κ2) is 11.6. The molecule has 0 amide bonds. The molecule has 1 heterocycles. The van der Waals surface area contributed by atoms with Crippen molar-refractivity contribution in [3.05, 3.63) is 175 Å². The van der Waals surface area contributed by atoms with E-state index in [2.05, 4.69) is 188 Å². The van der Waals surface area contributed by atoms with Crippen LogP contribution in [0.2, 0.25) is 0 Å². The van der Waals surface area contributed by atoms with E-state index in [4.69, 9.17) is 0 Å². The maximum Gasteiger partial charge on any atom is 0.115 e. The van der Waals surface area contributed by atoms with E-state index >= 15 is 0 Å². The Hall–Kier alpha value is -5.86. The van der Waals surface area contributed by atoms with E-state index in [1.165, 1.54) is 82.8 Å². The van der Waals surface area contributed by atoms with Crippen LogP contribution in [-0.4, -0.2) is 13.2 Å². The fourth-order valence-electron chi connectivity index (χ4n) is 9.30.